The Morgan fingerprint density at radius 2 is 2.17 bits per heavy atom. The van der Waals surface area contributed by atoms with Crippen LogP contribution < -0.4 is 11.1 Å². The monoisotopic (exact) mass is 288 g/mol. The van der Waals surface area contributed by atoms with Gasteiger partial charge in [-0.15, -0.1) is 12.4 Å². The number of benzene rings is 1. The van der Waals surface area contributed by atoms with Gasteiger partial charge in [-0.1, -0.05) is 24.1 Å². The van der Waals surface area contributed by atoms with Gasteiger partial charge in [-0.05, 0) is 37.5 Å². The average molecular weight is 289 g/mol. The SMILES string of the molecule is Cc1ccc(NC(=O)C2CCCC2N)c(Cl)c1.Cl. The summed E-state index contributed by atoms with van der Waals surface area (Å²) in [6.45, 7) is 1.96. The summed E-state index contributed by atoms with van der Waals surface area (Å²) < 4.78 is 0. The van der Waals surface area contributed by atoms with Gasteiger partial charge in [0.1, 0.15) is 0 Å². The van der Waals surface area contributed by atoms with Crippen molar-refractivity contribution >= 4 is 35.6 Å². The maximum atomic E-state index is 12.0. The van der Waals surface area contributed by atoms with E-state index in [2.05, 4.69) is 5.32 Å². The van der Waals surface area contributed by atoms with Crippen LogP contribution in [0.25, 0.3) is 0 Å². The summed E-state index contributed by atoms with van der Waals surface area (Å²) in [7, 11) is 0. The van der Waals surface area contributed by atoms with E-state index in [-0.39, 0.29) is 30.3 Å². The van der Waals surface area contributed by atoms with Gasteiger partial charge in [-0.25, -0.2) is 0 Å². The van der Waals surface area contributed by atoms with Crippen molar-refractivity contribution in [3.8, 4) is 0 Å². The molecule has 3 nitrogen and oxygen atoms in total. The molecule has 18 heavy (non-hydrogen) atoms. The van der Waals surface area contributed by atoms with Gasteiger partial charge in [-0.3, -0.25) is 4.79 Å². The van der Waals surface area contributed by atoms with E-state index < -0.39 is 0 Å². The predicted octanol–water partition coefficient (Wildman–Crippen LogP) is 3.14. The standard InChI is InChI=1S/C13H17ClN2O.ClH/c1-8-5-6-12(10(14)7-8)16-13(17)9-3-2-4-11(9)15;/h5-7,9,11H,2-4,15H2,1H3,(H,16,17);1H. The van der Waals surface area contributed by atoms with Gasteiger partial charge in [0, 0.05) is 6.04 Å². The van der Waals surface area contributed by atoms with Crippen molar-refractivity contribution in [2.24, 2.45) is 11.7 Å². The molecule has 5 heteroatoms. The van der Waals surface area contributed by atoms with Crippen LogP contribution in [0.5, 0.6) is 0 Å². The van der Waals surface area contributed by atoms with Crippen LogP contribution in [0.4, 0.5) is 5.69 Å². The Hall–Kier alpha value is -0.770. The molecular weight excluding hydrogens is 271 g/mol. The molecule has 0 aliphatic heterocycles. The number of amides is 1. The van der Waals surface area contributed by atoms with Crippen LogP contribution >= 0.6 is 24.0 Å². The molecule has 100 valence electrons. The number of carbonyl (C=O) groups excluding carboxylic acids is 1. The molecule has 1 aliphatic rings. The first kappa shape index (κ1) is 15.3. The van der Waals surface area contributed by atoms with E-state index in [4.69, 9.17) is 17.3 Å². The third-order valence-corrected chi connectivity index (χ3v) is 3.60. The topological polar surface area (TPSA) is 55.1 Å². The van der Waals surface area contributed by atoms with Crippen LogP contribution in [-0.2, 0) is 4.79 Å². The Balaban J connectivity index is 0.00000162. The summed E-state index contributed by atoms with van der Waals surface area (Å²) in [5.41, 5.74) is 7.64. The Kier molecular flexibility index (Phi) is 5.45. The summed E-state index contributed by atoms with van der Waals surface area (Å²) >= 11 is 6.07. The number of hydrogen-bond acceptors (Lipinski definition) is 2. The van der Waals surface area contributed by atoms with Crippen molar-refractivity contribution < 1.29 is 4.79 Å². The average Bonchev–Trinajstić information content (AvgIpc) is 2.68. The molecule has 0 aromatic heterocycles. The number of hydrogen-bond donors (Lipinski definition) is 2. The Morgan fingerprint density at radius 3 is 2.72 bits per heavy atom. The van der Waals surface area contributed by atoms with Crippen molar-refractivity contribution in [2.75, 3.05) is 5.32 Å². The van der Waals surface area contributed by atoms with E-state index in [1.807, 2.05) is 25.1 Å². The van der Waals surface area contributed by atoms with Crippen LogP contribution in [0, 0.1) is 12.8 Å². The molecule has 1 saturated carbocycles. The summed E-state index contributed by atoms with van der Waals surface area (Å²) in [4.78, 5) is 12.0. The first-order chi connectivity index (χ1) is 8.08. The van der Waals surface area contributed by atoms with E-state index in [9.17, 15) is 4.79 Å². The Labute approximate surface area is 118 Å². The van der Waals surface area contributed by atoms with Crippen LogP contribution in [0.1, 0.15) is 24.8 Å². The normalized spacial score (nSPS) is 22.4. The van der Waals surface area contributed by atoms with Crippen molar-refractivity contribution in [2.45, 2.75) is 32.2 Å². The van der Waals surface area contributed by atoms with E-state index in [1.165, 1.54) is 0 Å². The zero-order valence-electron chi connectivity index (χ0n) is 10.3. The van der Waals surface area contributed by atoms with Crippen LogP contribution in [0.3, 0.4) is 0 Å². The number of anilines is 1. The molecule has 0 bridgehead atoms. The van der Waals surface area contributed by atoms with Crippen molar-refractivity contribution in [1.29, 1.82) is 0 Å². The molecule has 0 radical (unpaired) electrons. The quantitative estimate of drug-likeness (QED) is 0.878. The molecule has 0 heterocycles. The van der Waals surface area contributed by atoms with Crippen LogP contribution in [0.15, 0.2) is 18.2 Å². The molecule has 2 rings (SSSR count). The Morgan fingerprint density at radius 1 is 1.44 bits per heavy atom. The smallest absolute Gasteiger partial charge is 0.229 e. The lowest BCUT2D eigenvalue weighted by molar-refractivity contribution is -0.120. The van der Waals surface area contributed by atoms with Gasteiger partial charge in [0.15, 0.2) is 0 Å². The van der Waals surface area contributed by atoms with Gasteiger partial charge < -0.3 is 11.1 Å². The van der Waals surface area contributed by atoms with Gasteiger partial charge in [0.2, 0.25) is 5.91 Å². The van der Waals surface area contributed by atoms with Crippen LogP contribution in [0.2, 0.25) is 5.02 Å². The largest absolute Gasteiger partial charge is 0.327 e. The van der Waals surface area contributed by atoms with E-state index in [0.29, 0.717) is 10.7 Å². The highest BCUT2D eigenvalue weighted by atomic mass is 35.5. The number of nitrogens with two attached hydrogens (primary N) is 1. The second-order valence-electron chi connectivity index (χ2n) is 4.67. The molecule has 0 saturated heterocycles. The molecular formula is C13H18Cl2N2O. The number of rotatable bonds is 2. The molecule has 1 aliphatic carbocycles. The minimum Gasteiger partial charge on any atom is -0.327 e. The predicted molar refractivity (Wildman–Crippen MR) is 77.4 cm³/mol. The Bertz CT molecular complexity index is 437. The van der Waals surface area contributed by atoms with Crippen LogP contribution in [-0.4, -0.2) is 11.9 Å². The highest BCUT2D eigenvalue weighted by Gasteiger charge is 2.30. The number of nitrogens with one attached hydrogen (secondary N) is 1. The lowest BCUT2D eigenvalue weighted by atomic mass is 10.0. The van der Waals surface area contributed by atoms with Crippen molar-refractivity contribution in [3.05, 3.63) is 28.8 Å². The van der Waals surface area contributed by atoms with Gasteiger partial charge in [0.05, 0.1) is 16.6 Å². The highest BCUT2D eigenvalue weighted by Crippen LogP contribution is 2.28. The van der Waals surface area contributed by atoms with E-state index in [1.54, 1.807) is 0 Å². The van der Waals surface area contributed by atoms with Crippen molar-refractivity contribution in [3.63, 3.8) is 0 Å². The molecule has 2 unspecified atom stereocenters. The second kappa shape index (κ2) is 6.41. The highest BCUT2D eigenvalue weighted by molar-refractivity contribution is 6.33. The molecule has 1 aromatic carbocycles. The number of carbonyl (C=O) groups is 1. The fourth-order valence-electron chi connectivity index (χ4n) is 2.26. The maximum absolute atomic E-state index is 12.0. The van der Waals surface area contributed by atoms with Gasteiger partial charge in [-0.2, -0.15) is 0 Å². The summed E-state index contributed by atoms with van der Waals surface area (Å²) in [6, 6.07) is 5.58. The number of halogens is 2. The zero-order valence-corrected chi connectivity index (χ0v) is 11.9. The summed E-state index contributed by atoms with van der Waals surface area (Å²) in [6.07, 6.45) is 2.83. The first-order valence-corrected chi connectivity index (χ1v) is 6.28. The van der Waals surface area contributed by atoms with Crippen molar-refractivity contribution in [1.82, 2.24) is 0 Å². The third-order valence-electron chi connectivity index (χ3n) is 3.29. The fraction of sp³-hybridized carbons (Fsp3) is 0.462. The molecule has 0 spiro atoms. The fourth-order valence-corrected chi connectivity index (χ4v) is 2.54. The molecule has 1 aromatic rings. The van der Waals surface area contributed by atoms with Gasteiger partial charge in [0.25, 0.3) is 0 Å². The summed E-state index contributed by atoms with van der Waals surface area (Å²) in [5.74, 6) is -0.0897. The third kappa shape index (κ3) is 3.37. The van der Waals surface area contributed by atoms with Gasteiger partial charge >= 0.3 is 0 Å². The van der Waals surface area contributed by atoms with E-state index in [0.717, 1.165) is 24.8 Å². The van der Waals surface area contributed by atoms with E-state index >= 15 is 0 Å². The second-order valence-corrected chi connectivity index (χ2v) is 5.08. The summed E-state index contributed by atoms with van der Waals surface area (Å²) in [5, 5.41) is 3.43. The molecule has 1 amide bonds. The molecule has 3 N–H and O–H groups in total. The molecule has 1 fully saturated rings. The molecule has 2 atom stereocenters. The minimum atomic E-state index is -0.0765. The number of aryl methyl sites for hydroxylation is 1. The maximum Gasteiger partial charge on any atom is 0.229 e. The zero-order chi connectivity index (χ0) is 12.4. The lowest BCUT2D eigenvalue weighted by Crippen LogP contribution is -2.34. The lowest BCUT2D eigenvalue weighted by Gasteiger charge is -2.16. The first-order valence-electron chi connectivity index (χ1n) is 5.90. The minimum absolute atomic E-state index is 0.